The molecule has 0 atom stereocenters. The van der Waals surface area contributed by atoms with Crippen LogP contribution in [0.25, 0.3) is 0 Å². The number of fused-ring (bicyclic) bond motifs is 1. The molecular weight excluding hydrogens is 336 g/mol. The number of nitrogens with one attached hydrogen (secondary N) is 1. The Morgan fingerprint density at radius 2 is 2.20 bits per heavy atom. The molecule has 0 fully saturated rings. The number of carbonyl (C=O) groups excluding carboxylic acids is 2. The second-order valence-electron chi connectivity index (χ2n) is 6.15. The monoisotopic (exact) mass is 358 g/mol. The molecule has 25 heavy (non-hydrogen) atoms. The summed E-state index contributed by atoms with van der Waals surface area (Å²) in [4.78, 5) is 26.4. The van der Waals surface area contributed by atoms with Crippen molar-refractivity contribution in [2.75, 3.05) is 19.0 Å². The summed E-state index contributed by atoms with van der Waals surface area (Å²) < 4.78 is 5.75. The van der Waals surface area contributed by atoms with E-state index in [1.165, 1.54) is 4.88 Å². The van der Waals surface area contributed by atoms with Crippen LogP contribution in [0.1, 0.15) is 29.7 Å². The second kappa shape index (κ2) is 8.16. The molecule has 2 heterocycles. The molecule has 0 spiro atoms. The summed E-state index contributed by atoms with van der Waals surface area (Å²) in [7, 11) is 1.83. The highest BCUT2D eigenvalue weighted by atomic mass is 32.1. The molecule has 0 unspecified atom stereocenters. The van der Waals surface area contributed by atoms with Gasteiger partial charge in [-0.25, -0.2) is 0 Å². The molecule has 0 saturated heterocycles. The number of ether oxygens (including phenoxy) is 1. The van der Waals surface area contributed by atoms with E-state index in [1.54, 1.807) is 16.2 Å². The summed E-state index contributed by atoms with van der Waals surface area (Å²) in [6, 6.07) is 9.74. The van der Waals surface area contributed by atoms with Crippen molar-refractivity contribution in [1.29, 1.82) is 0 Å². The number of hydrogen-bond acceptors (Lipinski definition) is 4. The number of anilines is 1. The van der Waals surface area contributed by atoms with E-state index in [0.29, 0.717) is 32.4 Å². The maximum Gasteiger partial charge on any atom is 0.224 e. The maximum absolute atomic E-state index is 12.1. The fourth-order valence-electron chi connectivity index (χ4n) is 2.78. The Balaban J connectivity index is 1.41. The van der Waals surface area contributed by atoms with Crippen molar-refractivity contribution < 1.29 is 14.3 Å². The minimum absolute atomic E-state index is 0.0614. The summed E-state index contributed by atoms with van der Waals surface area (Å²) in [5.74, 6) is 0.978. The summed E-state index contributed by atoms with van der Waals surface area (Å²) in [6.07, 6.45) is 2.41. The van der Waals surface area contributed by atoms with Gasteiger partial charge in [-0.05, 0) is 48.1 Å². The van der Waals surface area contributed by atoms with Gasteiger partial charge in [-0.1, -0.05) is 6.07 Å². The quantitative estimate of drug-likeness (QED) is 0.771. The first-order valence-corrected chi connectivity index (χ1v) is 9.32. The van der Waals surface area contributed by atoms with E-state index in [4.69, 9.17) is 4.74 Å². The van der Waals surface area contributed by atoms with Gasteiger partial charge in [-0.2, -0.15) is 0 Å². The largest absolute Gasteiger partial charge is 0.494 e. The van der Waals surface area contributed by atoms with Crippen LogP contribution in [0.15, 0.2) is 35.7 Å². The average Bonchev–Trinajstić information content (AvgIpc) is 3.11. The zero-order chi connectivity index (χ0) is 17.6. The third-order valence-corrected chi connectivity index (χ3v) is 5.04. The number of rotatable bonds is 7. The van der Waals surface area contributed by atoms with E-state index >= 15 is 0 Å². The minimum atomic E-state index is 0.0614. The lowest BCUT2D eigenvalue weighted by Gasteiger charge is -2.18. The van der Waals surface area contributed by atoms with E-state index in [1.807, 2.05) is 42.8 Å². The lowest BCUT2D eigenvalue weighted by Crippen LogP contribution is -2.25. The number of hydrogen-bond donors (Lipinski definition) is 1. The smallest absolute Gasteiger partial charge is 0.224 e. The van der Waals surface area contributed by atoms with Crippen LogP contribution in [0.5, 0.6) is 5.75 Å². The van der Waals surface area contributed by atoms with Crippen LogP contribution in [-0.2, 0) is 22.6 Å². The molecule has 1 aliphatic rings. The van der Waals surface area contributed by atoms with E-state index < -0.39 is 0 Å². The first-order chi connectivity index (χ1) is 12.1. The lowest BCUT2D eigenvalue weighted by molar-refractivity contribution is -0.130. The Labute approximate surface area is 151 Å². The number of aryl methyl sites for hydroxylation is 1. The average molecular weight is 358 g/mol. The second-order valence-corrected chi connectivity index (χ2v) is 7.18. The molecule has 3 rings (SSSR count). The van der Waals surface area contributed by atoms with Crippen molar-refractivity contribution in [3.8, 4) is 5.75 Å². The van der Waals surface area contributed by atoms with Crippen LogP contribution in [0.2, 0.25) is 0 Å². The highest BCUT2D eigenvalue weighted by molar-refractivity contribution is 7.09. The molecule has 132 valence electrons. The molecule has 0 bridgehead atoms. The van der Waals surface area contributed by atoms with Crippen molar-refractivity contribution in [3.63, 3.8) is 0 Å². The number of benzene rings is 1. The van der Waals surface area contributed by atoms with Crippen LogP contribution in [0.3, 0.4) is 0 Å². The van der Waals surface area contributed by atoms with Gasteiger partial charge in [0, 0.05) is 30.5 Å². The van der Waals surface area contributed by atoms with Crippen molar-refractivity contribution in [3.05, 3.63) is 46.2 Å². The fraction of sp³-hybridized carbons (Fsp3) is 0.368. The first kappa shape index (κ1) is 17.5. The van der Waals surface area contributed by atoms with Gasteiger partial charge < -0.3 is 15.0 Å². The van der Waals surface area contributed by atoms with Crippen LogP contribution in [0.4, 0.5) is 5.69 Å². The SMILES string of the molecule is CN(Cc1cccs1)C(=O)CCCOc1ccc2c(c1)CCC(=O)N2. The molecule has 0 radical (unpaired) electrons. The normalized spacial score (nSPS) is 13.1. The van der Waals surface area contributed by atoms with Gasteiger partial charge in [-0.3, -0.25) is 9.59 Å². The molecule has 1 aromatic heterocycles. The molecule has 1 aromatic carbocycles. The predicted octanol–water partition coefficient (Wildman–Crippen LogP) is 3.45. The first-order valence-electron chi connectivity index (χ1n) is 8.44. The Hall–Kier alpha value is -2.34. The summed E-state index contributed by atoms with van der Waals surface area (Å²) in [6.45, 7) is 1.16. The molecule has 0 saturated carbocycles. The summed E-state index contributed by atoms with van der Waals surface area (Å²) in [5.41, 5.74) is 1.97. The molecule has 0 aliphatic carbocycles. The molecular formula is C19H22N2O3S. The zero-order valence-corrected chi connectivity index (χ0v) is 15.1. The number of thiophene rings is 1. The van der Waals surface area contributed by atoms with Gasteiger partial charge in [0.05, 0.1) is 13.2 Å². The number of nitrogens with zero attached hydrogens (tertiary/aromatic N) is 1. The van der Waals surface area contributed by atoms with Crippen LogP contribution >= 0.6 is 11.3 Å². The Kier molecular flexibility index (Phi) is 5.71. The lowest BCUT2D eigenvalue weighted by atomic mass is 10.0. The molecule has 1 aliphatic heterocycles. The van der Waals surface area contributed by atoms with Crippen molar-refractivity contribution in [2.24, 2.45) is 0 Å². The standard InChI is InChI=1S/C19H22N2O3S/c1-21(13-16-4-3-11-25-16)19(23)5-2-10-24-15-7-8-17-14(12-15)6-9-18(22)20-17/h3-4,7-8,11-12H,2,5-6,9-10,13H2,1H3,(H,20,22). The van der Waals surface area contributed by atoms with Gasteiger partial charge in [0.1, 0.15) is 5.75 Å². The molecule has 2 amide bonds. The molecule has 5 nitrogen and oxygen atoms in total. The number of amides is 2. The van der Waals surface area contributed by atoms with E-state index in [9.17, 15) is 9.59 Å². The van der Waals surface area contributed by atoms with Crippen molar-refractivity contribution in [2.45, 2.75) is 32.2 Å². The van der Waals surface area contributed by atoms with Gasteiger partial charge in [0.15, 0.2) is 0 Å². The number of carbonyl (C=O) groups is 2. The highest BCUT2D eigenvalue weighted by Crippen LogP contribution is 2.26. The van der Waals surface area contributed by atoms with Crippen molar-refractivity contribution >= 4 is 28.8 Å². The third-order valence-electron chi connectivity index (χ3n) is 4.17. The Morgan fingerprint density at radius 1 is 1.32 bits per heavy atom. The van der Waals surface area contributed by atoms with Gasteiger partial charge >= 0.3 is 0 Å². The summed E-state index contributed by atoms with van der Waals surface area (Å²) >= 11 is 1.66. The highest BCUT2D eigenvalue weighted by Gasteiger charge is 2.15. The van der Waals surface area contributed by atoms with E-state index in [0.717, 1.165) is 23.4 Å². The maximum atomic E-state index is 12.1. The Bertz CT molecular complexity index is 743. The minimum Gasteiger partial charge on any atom is -0.494 e. The molecule has 1 N–H and O–H groups in total. The fourth-order valence-corrected chi connectivity index (χ4v) is 3.54. The Morgan fingerprint density at radius 3 is 3.00 bits per heavy atom. The van der Waals surface area contributed by atoms with Crippen molar-refractivity contribution in [1.82, 2.24) is 4.90 Å². The topological polar surface area (TPSA) is 58.6 Å². The van der Waals surface area contributed by atoms with Gasteiger partial charge in [-0.15, -0.1) is 11.3 Å². The predicted molar refractivity (Wildman–Crippen MR) is 98.9 cm³/mol. The van der Waals surface area contributed by atoms with Crippen LogP contribution in [-0.4, -0.2) is 30.4 Å². The molecule has 2 aromatic rings. The van der Waals surface area contributed by atoms with Gasteiger partial charge in [0.25, 0.3) is 0 Å². The zero-order valence-electron chi connectivity index (χ0n) is 14.3. The van der Waals surface area contributed by atoms with Gasteiger partial charge in [0.2, 0.25) is 11.8 Å². The molecule has 6 heteroatoms. The third kappa shape index (κ3) is 4.82. The van der Waals surface area contributed by atoms with E-state index in [2.05, 4.69) is 5.32 Å². The van der Waals surface area contributed by atoms with Crippen LogP contribution < -0.4 is 10.1 Å². The van der Waals surface area contributed by atoms with Crippen LogP contribution in [0, 0.1) is 0 Å². The van der Waals surface area contributed by atoms with E-state index in [-0.39, 0.29) is 11.8 Å². The summed E-state index contributed by atoms with van der Waals surface area (Å²) in [5, 5.41) is 4.88.